The minimum absolute atomic E-state index is 0.0138. The Morgan fingerprint density at radius 1 is 1.62 bits per heavy atom. The van der Waals surface area contributed by atoms with Gasteiger partial charge in [0.1, 0.15) is 12.4 Å². The van der Waals surface area contributed by atoms with Gasteiger partial charge in [-0.15, -0.1) is 0 Å². The Morgan fingerprint density at radius 3 is 2.92 bits per heavy atom. The molecule has 0 bridgehead atoms. The summed E-state index contributed by atoms with van der Waals surface area (Å²) in [5, 5.41) is 12.9. The van der Waals surface area contributed by atoms with Gasteiger partial charge in [0.05, 0.1) is 5.69 Å². The summed E-state index contributed by atoms with van der Waals surface area (Å²) < 4.78 is 0. The number of rotatable bonds is 4. The molecule has 2 atom stereocenters. The van der Waals surface area contributed by atoms with Gasteiger partial charge >= 0.3 is 0 Å². The van der Waals surface area contributed by atoms with Crippen molar-refractivity contribution in [1.29, 1.82) is 0 Å². The van der Waals surface area contributed by atoms with Crippen LogP contribution in [-0.4, -0.2) is 27.7 Å². The molecule has 72 valence electrons. The Bertz CT molecular complexity index is 240. The van der Waals surface area contributed by atoms with Crippen LogP contribution in [0.4, 0.5) is 0 Å². The van der Waals surface area contributed by atoms with Crippen LogP contribution in [0.1, 0.15) is 25.6 Å². The van der Waals surface area contributed by atoms with Crippen LogP contribution in [0.2, 0.25) is 0 Å². The number of likely N-dealkylation sites (N-methyl/N-ethyl adjacent to an activating group) is 1. The van der Waals surface area contributed by atoms with E-state index in [1.165, 1.54) is 6.33 Å². The smallest absolute Gasteiger partial charge is 0.115 e. The van der Waals surface area contributed by atoms with Crippen molar-refractivity contribution >= 4 is 0 Å². The Balaban J connectivity index is 2.62. The van der Waals surface area contributed by atoms with Crippen LogP contribution in [-0.2, 0) is 0 Å². The van der Waals surface area contributed by atoms with Gasteiger partial charge in [-0.1, -0.05) is 6.92 Å². The summed E-state index contributed by atoms with van der Waals surface area (Å²) in [5.41, 5.74) is 0.656. The van der Waals surface area contributed by atoms with Gasteiger partial charge in [-0.3, -0.25) is 0 Å². The molecule has 0 aliphatic carbocycles. The maximum atomic E-state index is 9.77. The maximum Gasteiger partial charge on any atom is 0.115 e. The third-order valence-electron chi connectivity index (χ3n) is 1.91. The van der Waals surface area contributed by atoms with Crippen LogP contribution < -0.4 is 5.32 Å². The molecule has 13 heavy (non-hydrogen) atoms. The average Bonchev–Trinajstić information content (AvgIpc) is 2.18. The number of hydrogen-bond acceptors (Lipinski definition) is 4. The van der Waals surface area contributed by atoms with Crippen LogP contribution in [0, 0.1) is 0 Å². The Hall–Kier alpha value is -1.00. The van der Waals surface area contributed by atoms with Gasteiger partial charge in [-0.05, 0) is 19.5 Å². The van der Waals surface area contributed by atoms with Gasteiger partial charge in [0.25, 0.3) is 0 Å². The molecule has 0 radical (unpaired) electrons. The number of aliphatic hydroxyl groups is 1. The van der Waals surface area contributed by atoms with E-state index in [0.29, 0.717) is 5.69 Å². The first kappa shape index (κ1) is 10.1. The van der Waals surface area contributed by atoms with Crippen molar-refractivity contribution in [2.45, 2.75) is 26.0 Å². The fraction of sp³-hybridized carbons (Fsp3) is 0.556. The number of nitrogens with one attached hydrogen (secondary N) is 1. The summed E-state index contributed by atoms with van der Waals surface area (Å²) in [5.74, 6) is 0. The van der Waals surface area contributed by atoms with E-state index >= 15 is 0 Å². The minimum atomic E-state index is -0.567. The van der Waals surface area contributed by atoms with Crippen LogP contribution in [0.15, 0.2) is 18.6 Å². The van der Waals surface area contributed by atoms with Crippen molar-refractivity contribution in [3.8, 4) is 0 Å². The van der Waals surface area contributed by atoms with Gasteiger partial charge in [0.2, 0.25) is 0 Å². The molecule has 0 aliphatic heterocycles. The average molecular weight is 181 g/mol. The van der Waals surface area contributed by atoms with E-state index in [0.717, 1.165) is 6.54 Å². The summed E-state index contributed by atoms with van der Waals surface area (Å²) in [4.78, 5) is 7.77. The third kappa shape index (κ3) is 2.75. The molecule has 2 N–H and O–H groups in total. The van der Waals surface area contributed by atoms with Crippen molar-refractivity contribution in [1.82, 2.24) is 15.3 Å². The van der Waals surface area contributed by atoms with E-state index in [1.54, 1.807) is 12.3 Å². The fourth-order valence-corrected chi connectivity index (χ4v) is 1.17. The second-order valence-electron chi connectivity index (χ2n) is 2.93. The molecule has 0 aromatic carbocycles. The molecule has 0 amide bonds. The highest BCUT2D eigenvalue weighted by atomic mass is 16.3. The maximum absolute atomic E-state index is 9.77. The molecule has 1 rings (SSSR count). The SMILES string of the molecule is CCNC(C)C(O)c1ccncn1. The lowest BCUT2D eigenvalue weighted by Crippen LogP contribution is -2.32. The molecule has 4 heteroatoms. The first-order valence-corrected chi connectivity index (χ1v) is 4.43. The van der Waals surface area contributed by atoms with E-state index in [-0.39, 0.29) is 6.04 Å². The zero-order chi connectivity index (χ0) is 9.68. The fourth-order valence-electron chi connectivity index (χ4n) is 1.17. The summed E-state index contributed by atoms with van der Waals surface area (Å²) in [6, 6.07) is 1.73. The minimum Gasteiger partial charge on any atom is -0.385 e. The Labute approximate surface area is 78.0 Å². The van der Waals surface area contributed by atoms with Crippen molar-refractivity contribution in [3.05, 3.63) is 24.3 Å². The zero-order valence-corrected chi connectivity index (χ0v) is 7.94. The van der Waals surface area contributed by atoms with Crippen LogP contribution in [0.5, 0.6) is 0 Å². The molecule has 1 aromatic rings. The summed E-state index contributed by atoms with van der Waals surface area (Å²) >= 11 is 0. The van der Waals surface area contributed by atoms with Crippen LogP contribution in [0.25, 0.3) is 0 Å². The monoisotopic (exact) mass is 181 g/mol. The predicted molar refractivity (Wildman–Crippen MR) is 50.1 cm³/mol. The lowest BCUT2D eigenvalue weighted by Gasteiger charge is -2.18. The van der Waals surface area contributed by atoms with Crippen molar-refractivity contribution in [2.24, 2.45) is 0 Å². The van der Waals surface area contributed by atoms with Crippen molar-refractivity contribution in [3.63, 3.8) is 0 Å². The second kappa shape index (κ2) is 4.89. The lowest BCUT2D eigenvalue weighted by molar-refractivity contribution is 0.132. The van der Waals surface area contributed by atoms with Gasteiger partial charge in [-0.25, -0.2) is 9.97 Å². The Morgan fingerprint density at radius 2 is 2.38 bits per heavy atom. The van der Waals surface area contributed by atoms with E-state index in [2.05, 4.69) is 15.3 Å². The Kier molecular flexibility index (Phi) is 3.79. The zero-order valence-electron chi connectivity index (χ0n) is 7.94. The predicted octanol–water partition coefficient (Wildman–Crippen LogP) is 0.508. The van der Waals surface area contributed by atoms with E-state index in [1.807, 2.05) is 13.8 Å². The summed E-state index contributed by atoms with van der Waals surface area (Å²) in [7, 11) is 0. The first-order chi connectivity index (χ1) is 6.25. The highest BCUT2D eigenvalue weighted by molar-refractivity contribution is 5.04. The number of aliphatic hydroxyl groups excluding tert-OH is 1. The van der Waals surface area contributed by atoms with Crippen molar-refractivity contribution in [2.75, 3.05) is 6.54 Å². The van der Waals surface area contributed by atoms with Crippen molar-refractivity contribution < 1.29 is 5.11 Å². The number of hydrogen-bond donors (Lipinski definition) is 2. The molecular formula is C9H15N3O. The molecule has 0 spiro atoms. The van der Waals surface area contributed by atoms with Crippen LogP contribution >= 0.6 is 0 Å². The highest BCUT2D eigenvalue weighted by Crippen LogP contribution is 2.12. The lowest BCUT2D eigenvalue weighted by atomic mass is 10.1. The largest absolute Gasteiger partial charge is 0.385 e. The van der Waals surface area contributed by atoms with E-state index in [4.69, 9.17) is 0 Å². The first-order valence-electron chi connectivity index (χ1n) is 4.43. The molecule has 2 unspecified atom stereocenters. The number of nitrogens with zero attached hydrogens (tertiary/aromatic N) is 2. The second-order valence-corrected chi connectivity index (χ2v) is 2.93. The standard InChI is InChI=1S/C9H15N3O/c1-3-11-7(2)9(13)8-4-5-10-6-12-8/h4-7,9,11,13H,3H2,1-2H3. The molecule has 0 fully saturated rings. The molecule has 0 saturated carbocycles. The number of aromatic nitrogens is 2. The highest BCUT2D eigenvalue weighted by Gasteiger charge is 2.15. The quantitative estimate of drug-likeness (QED) is 0.710. The van der Waals surface area contributed by atoms with Gasteiger partial charge < -0.3 is 10.4 Å². The summed E-state index contributed by atoms with van der Waals surface area (Å²) in [6.07, 6.45) is 2.50. The third-order valence-corrected chi connectivity index (χ3v) is 1.91. The molecule has 0 aliphatic rings. The summed E-state index contributed by atoms with van der Waals surface area (Å²) in [6.45, 7) is 4.77. The molecule has 1 heterocycles. The van der Waals surface area contributed by atoms with Gasteiger partial charge in [0, 0.05) is 12.2 Å². The van der Waals surface area contributed by atoms with Gasteiger partial charge in [0.15, 0.2) is 0 Å². The molecule has 0 saturated heterocycles. The molecule has 1 aromatic heterocycles. The van der Waals surface area contributed by atoms with E-state index in [9.17, 15) is 5.11 Å². The normalized spacial score (nSPS) is 15.3. The van der Waals surface area contributed by atoms with E-state index < -0.39 is 6.10 Å². The molecular weight excluding hydrogens is 166 g/mol. The van der Waals surface area contributed by atoms with Crippen LogP contribution in [0.3, 0.4) is 0 Å². The topological polar surface area (TPSA) is 58.0 Å². The van der Waals surface area contributed by atoms with Gasteiger partial charge in [-0.2, -0.15) is 0 Å². The molecule has 4 nitrogen and oxygen atoms in total.